The molecule has 1 amide bonds. The largest absolute Gasteiger partial charge is 0.322 e. The summed E-state index contributed by atoms with van der Waals surface area (Å²) >= 11 is 7.35. The molecule has 0 aliphatic rings. The number of nitro groups is 1. The molecule has 0 saturated carbocycles. The van der Waals surface area contributed by atoms with Gasteiger partial charge in [0.1, 0.15) is 20.9 Å². The van der Waals surface area contributed by atoms with Gasteiger partial charge in [0.25, 0.3) is 11.6 Å². The first-order valence-corrected chi connectivity index (χ1v) is 9.28. The van der Waals surface area contributed by atoms with Crippen molar-refractivity contribution in [2.45, 2.75) is 0 Å². The van der Waals surface area contributed by atoms with Crippen LogP contribution in [0.4, 0.5) is 11.4 Å². The maximum atomic E-state index is 12.5. The van der Waals surface area contributed by atoms with Crippen molar-refractivity contribution >= 4 is 50.6 Å². The standard InChI is InChI=1S/C19H11ClN4O3S/c20-12-5-8-16(24(26)27)14(10-12)17(25)22-13-6-3-11(4-7-13)18-23-15-2-1-9-21-19(15)28-18/h1-10H,(H,22,25). The fourth-order valence-corrected chi connectivity index (χ4v) is 3.72. The van der Waals surface area contributed by atoms with Crippen LogP contribution >= 0.6 is 22.9 Å². The third-order valence-electron chi connectivity index (χ3n) is 3.96. The first kappa shape index (κ1) is 18.0. The molecule has 4 aromatic rings. The Kier molecular flexibility index (Phi) is 4.72. The molecule has 28 heavy (non-hydrogen) atoms. The lowest BCUT2D eigenvalue weighted by Gasteiger charge is -2.07. The first-order chi connectivity index (χ1) is 13.5. The summed E-state index contributed by atoms with van der Waals surface area (Å²) < 4.78 is 0. The number of carbonyl (C=O) groups is 1. The molecule has 0 aliphatic heterocycles. The Labute approximate surface area is 167 Å². The van der Waals surface area contributed by atoms with Gasteiger partial charge in [-0.05, 0) is 48.5 Å². The van der Waals surface area contributed by atoms with Crippen LogP contribution in [0, 0.1) is 10.1 Å². The molecular weight excluding hydrogens is 400 g/mol. The minimum absolute atomic E-state index is 0.0983. The van der Waals surface area contributed by atoms with Crippen molar-refractivity contribution in [3.63, 3.8) is 0 Å². The summed E-state index contributed by atoms with van der Waals surface area (Å²) in [6, 6.07) is 14.6. The highest BCUT2D eigenvalue weighted by Gasteiger charge is 2.20. The average molecular weight is 411 g/mol. The van der Waals surface area contributed by atoms with Crippen LogP contribution in [0.15, 0.2) is 60.8 Å². The van der Waals surface area contributed by atoms with Gasteiger partial charge in [-0.3, -0.25) is 14.9 Å². The molecule has 1 N–H and O–H groups in total. The van der Waals surface area contributed by atoms with E-state index in [4.69, 9.17) is 11.6 Å². The first-order valence-electron chi connectivity index (χ1n) is 8.08. The topological polar surface area (TPSA) is 98.0 Å². The van der Waals surface area contributed by atoms with E-state index in [9.17, 15) is 14.9 Å². The molecule has 0 saturated heterocycles. The Morgan fingerprint density at radius 3 is 2.64 bits per heavy atom. The van der Waals surface area contributed by atoms with Crippen LogP contribution in [0.25, 0.3) is 20.9 Å². The third kappa shape index (κ3) is 3.55. The maximum absolute atomic E-state index is 12.5. The van der Waals surface area contributed by atoms with Gasteiger partial charge in [-0.2, -0.15) is 0 Å². The molecule has 0 atom stereocenters. The molecule has 2 heterocycles. The van der Waals surface area contributed by atoms with Crippen molar-refractivity contribution in [1.82, 2.24) is 9.97 Å². The monoisotopic (exact) mass is 410 g/mol. The van der Waals surface area contributed by atoms with Gasteiger partial charge < -0.3 is 5.32 Å². The zero-order chi connectivity index (χ0) is 19.7. The molecule has 0 unspecified atom stereocenters. The predicted octanol–water partition coefficient (Wildman–Crippen LogP) is 5.17. The van der Waals surface area contributed by atoms with Crippen molar-refractivity contribution in [3.05, 3.63) is 81.5 Å². The van der Waals surface area contributed by atoms with E-state index >= 15 is 0 Å². The predicted molar refractivity (Wildman–Crippen MR) is 109 cm³/mol. The zero-order valence-corrected chi connectivity index (χ0v) is 15.7. The Balaban J connectivity index is 1.57. The van der Waals surface area contributed by atoms with Crippen molar-refractivity contribution < 1.29 is 9.72 Å². The SMILES string of the molecule is O=C(Nc1ccc(-c2nc3cccnc3s2)cc1)c1cc(Cl)ccc1[N+](=O)[O-]. The number of pyridine rings is 1. The van der Waals surface area contributed by atoms with Crippen molar-refractivity contribution in [3.8, 4) is 10.6 Å². The molecular formula is C19H11ClN4O3S. The quantitative estimate of drug-likeness (QED) is 0.369. The highest BCUT2D eigenvalue weighted by atomic mass is 35.5. The minimum atomic E-state index is -0.616. The summed E-state index contributed by atoms with van der Waals surface area (Å²) in [4.78, 5) is 32.7. The average Bonchev–Trinajstić information content (AvgIpc) is 3.12. The van der Waals surface area contributed by atoms with Gasteiger partial charge >= 0.3 is 0 Å². The minimum Gasteiger partial charge on any atom is -0.322 e. The maximum Gasteiger partial charge on any atom is 0.282 e. The lowest BCUT2D eigenvalue weighted by molar-refractivity contribution is -0.385. The second-order valence-corrected chi connectivity index (χ2v) is 7.21. The van der Waals surface area contributed by atoms with E-state index in [1.165, 1.54) is 29.5 Å². The number of anilines is 1. The molecule has 0 aliphatic carbocycles. The van der Waals surface area contributed by atoms with Crippen LogP contribution in [-0.4, -0.2) is 20.8 Å². The number of aromatic nitrogens is 2. The van der Waals surface area contributed by atoms with Gasteiger partial charge in [0.2, 0.25) is 0 Å². The van der Waals surface area contributed by atoms with Crippen LogP contribution in [0.3, 0.4) is 0 Å². The van der Waals surface area contributed by atoms with E-state index in [1.54, 1.807) is 18.3 Å². The number of thiazole rings is 1. The van der Waals surface area contributed by atoms with Gasteiger partial charge in [-0.15, -0.1) is 0 Å². The van der Waals surface area contributed by atoms with Gasteiger partial charge in [-0.25, -0.2) is 9.97 Å². The number of nitrogens with zero attached hydrogens (tertiary/aromatic N) is 3. The van der Waals surface area contributed by atoms with Gasteiger partial charge in [0, 0.05) is 28.5 Å². The summed E-state index contributed by atoms with van der Waals surface area (Å²) in [6.07, 6.45) is 1.72. The molecule has 0 radical (unpaired) electrons. The number of fused-ring (bicyclic) bond motifs is 1. The fourth-order valence-electron chi connectivity index (χ4n) is 2.64. The summed E-state index contributed by atoms with van der Waals surface area (Å²) in [5.74, 6) is -0.605. The number of benzene rings is 2. The number of nitrogens with one attached hydrogen (secondary N) is 1. The van der Waals surface area contributed by atoms with E-state index in [2.05, 4.69) is 15.3 Å². The summed E-state index contributed by atoms with van der Waals surface area (Å²) in [5.41, 5.74) is 1.81. The summed E-state index contributed by atoms with van der Waals surface area (Å²) in [7, 11) is 0. The number of amides is 1. The second kappa shape index (κ2) is 7.34. The van der Waals surface area contributed by atoms with E-state index in [0.717, 1.165) is 20.9 Å². The zero-order valence-electron chi connectivity index (χ0n) is 14.1. The number of hydrogen-bond donors (Lipinski definition) is 1. The highest BCUT2D eigenvalue weighted by Crippen LogP contribution is 2.30. The molecule has 4 rings (SSSR count). The number of hydrogen-bond acceptors (Lipinski definition) is 6. The Morgan fingerprint density at radius 2 is 1.93 bits per heavy atom. The van der Waals surface area contributed by atoms with Crippen LogP contribution < -0.4 is 5.32 Å². The van der Waals surface area contributed by atoms with E-state index in [0.29, 0.717) is 5.69 Å². The summed E-state index contributed by atoms with van der Waals surface area (Å²) in [5, 5.41) is 14.9. The van der Waals surface area contributed by atoms with Gasteiger partial charge in [0.15, 0.2) is 0 Å². The lowest BCUT2D eigenvalue weighted by atomic mass is 10.1. The number of halogens is 1. The number of nitro benzene ring substituents is 1. The molecule has 0 spiro atoms. The molecule has 138 valence electrons. The smallest absolute Gasteiger partial charge is 0.282 e. The molecule has 2 aromatic carbocycles. The van der Waals surface area contributed by atoms with Crippen LogP contribution in [0.5, 0.6) is 0 Å². The Morgan fingerprint density at radius 1 is 1.14 bits per heavy atom. The van der Waals surface area contributed by atoms with Crippen molar-refractivity contribution in [2.75, 3.05) is 5.32 Å². The molecule has 0 bridgehead atoms. The summed E-state index contributed by atoms with van der Waals surface area (Å²) in [6.45, 7) is 0. The van der Waals surface area contributed by atoms with Crippen LogP contribution in [-0.2, 0) is 0 Å². The van der Waals surface area contributed by atoms with Crippen LogP contribution in [0.2, 0.25) is 5.02 Å². The molecule has 2 aromatic heterocycles. The van der Waals surface area contributed by atoms with E-state index in [-0.39, 0.29) is 16.3 Å². The van der Waals surface area contributed by atoms with E-state index in [1.807, 2.05) is 24.3 Å². The van der Waals surface area contributed by atoms with Crippen molar-refractivity contribution in [1.29, 1.82) is 0 Å². The third-order valence-corrected chi connectivity index (χ3v) is 5.22. The van der Waals surface area contributed by atoms with Crippen LogP contribution in [0.1, 0.15) is 10.4 Å². The van der Waals surface area contributed by atoms with E-state index < -0.39 is 10.8 Å². The van der Waals surface area contributed by atoms with Crippen molar-refractivity contribution in [2.24, 2.45) is 0 Å². The lowest BCUT2D eigenvalue weighted by Crippen LogP contribution is -2.14. The van der Waals surface area contributed by atoms with Gasteiger partial charge in [-0.1, -0.05) is 22.9 Å². The normalized spacial score (nSPS) is 10.8. The molecule has 0 fully saturated rings. The number of rotatable bonds is 4. The second-order valence-electron chi connectivity index (χ2n) is 5.80. The Hall–Kier alpha value is -3.36. The van der Waals surface area contributed by atoms with Gasteiger partial charge in [0.05, 0.1) is 4.92 Å². The number of carbonyl (C=O) groups excluding carboxylic acids is 1. The fraction of sp³-hybridized carbons (Fsp3) is 0. The highest BCUT2D eigenvalue weighted by molar-refractivity contribution is 7.21. The molecule has 7 nitrogen and oxygen atoms in total. The molecule has 9 heteroatoms. The Bertz CT molecular complexity index is 1170.